The minimum Gasteiger partial charge on any atom is -0.0715 e. The first-order valence-electron chi connectivity index (χ1n) is 5.37. The number of rotatable bonds is 5. The third-order valence-corrected chi connectivity index (χ3v) is 22.6. The molecule has 0 nitrogen and oxygen atoms in total. The second kappa shape index (κ2) is 4.61. The Kier molecular flexibility index (Phi) is 4.78. The van der Waals surface area contributed by atoms with E-state index < -0.39 is 15.2 Å². The minimum absolute atomic E-state index is 0.812. The molecule has 0 aromatic rings. The molecule has 0 heterocycles. The Morgan fingerprint density at radius 1 is 0.750 bits per heavy atom. The van der Waals surface area contributed by atoms with E-state index in [2.05, 4.69) is 40.0 Å². The molecule has 0 rings (SSSR count). The molecule has 12 heavy (non-hydrogen) atoms. The van der Waals surface area contributed by atoms with Crippen molar-refractivity contribution in [3.8, 4) is 0 Å². The fourth-order valence-electron chi connectivity index (χ4n) is 1.98. The summed E-state index contributed by atoms with van der Waals surface area (Å²) in [6.07, 6.45) is 2.82. The molecule has 0 fully saturated rings. The van der Waals surface area contributed by atoms with E-state index in [1.165, 1.54) is 12.8 Å². The van der Waals surface area contributed by atoms with Crippen LogP contribution in [0, 0.1) is 0 Å². The quantitative estimate of drug-likeness (QED) is 0.583. The smallest absolute Gasteiger partial charge is 0.0440 e. The summed E-state index contributed by atoms with van der Waals surface area (Å²) in [5.41, 5.74) is 0. The zero-order chi connectivity index (χ0) is 9.83. The van der Waals surface area contributed by atoms with Crippen LogP contribution in [0.4, 0.5) is 0 Å². The first-order chi connectivity index (χ1) is 5.37. The standard InChI is InChI=1S/C10H26Si2/c1-7-9-12(6,10-8-2)11(3,4)5/h7-10H2,1-6H3. The van der Waals surface area contributed by atoms with E-state index in [4.69, 9.17) is 0 Å². The van der Waals surface area contributed by atoms with Crippen molar-refractivity contribution in [3.63, 3.8) is 0 Å². The fourth-order valence-corrected chi connectivity index (χ4v) is 11.9. The lowest BCUT2D eigenvalue weighted by molar-refractivity contribution is 0.994. The fraction of sp³-hybridized carbons (Fsp3) is 1.00. The van der Waals surface area contributed by atoms with Crippen molar-refractivity contribution in [3.05, 3.63) is 0 Å². The molecule has 0 saturated carbocycles. The van der Waals surface area contributed by atoms with E-state index in [1.54, 1.807) is 12.1 Å². The summed E-state index contributed by atoms with van der Waals surface area (Å²) in [5, 5.41) is 0. The molecule has 0 amide bonds. The van der Waals surface area contributed by atoms with Crippen molar-refractivity contribution >= 4 is 15.2 Å². The normalized spacial score (nSPS) is 13.5. The van der Waals surface area contributed by atoms with Crippen LogP contribution in [0.2, 0.25) is 38.3 Å². The summed E-state index contributed by atoms with van der Waals surface area (Å²) in [4.78, 5) is 0. The van der Waals surface area contributed by atoms with Gasteiger partial charge in [0.05, 0.1) is 0 Å². The average molecular weight is 202 g/mol. The first kappa shape index (κ1) is 12.4. The van der Waals surface area contributed by atoms with Gasteiger partial charge in [-0.3, -0.25) is 0 Å². The Morgan fingerprint density at radius 2 is 1.08 bits per heavy atom. The van der Waals surface area contributed by atoms with Crippen LogP contribution < -0.4 is 0 Å². The van der Waals surface area contributed by atoms with E-state index in [0.29, 0.717) is 0 Å². The molecule has 0 atom stereocenters. The van der Waals surface area contributed by atoms with Crippen LogP contribution in [0.25, 0.3) is 0 Å². The van der Waals surface area contributed by atoms with Gasteiger partial charge in [-0.15, -0.1) is 0 Å². The van der Waals surface area contributed by atoms with Crippen LogP contribution in [0.1, 0.15) is 26.7 Å². The van der Waals surface area contributed by atoms with Gasteiger partial charge in [0.15, 0.2) is 0 Å². The summed E-state index contributed by atoms with van der Waals surface area (Å²) in [6.45, 7) is 15.1. The summed E-state index contributed by atoms with van der Waals surface area (Å²) in [6, 6.07) is 3.13. The lowest BCUT2D eigenvalue weighted by Gasteiger charge is -2.38. The van der Waals surface area contributed by atoms with Crippen LogP contribution >= 0.6 is 0 Å². The van der Waals surface area contributed by atoms with Gasteiger partial charge in [0, 0.05) is 15.2 Å². The maximum absolute atomic E-state index is 2.65. The third kappa shape index (κ3) is 3.06. The second-order valence-corrected chi connectivity index (χ2v) is 22.1. The highest BCUT2D eigenvalue weighted by Crippen LogP contribution is 2.29. The van der Waals surface area contributed by atoms with Crippen LogP contribution in [0.5, 0.6) is 0 Å². The Labute approximate surface area is 80.6 Å². The molecule has 2 heteroatoms. The second-order valence-electron chi connectivity index (χ2n) is 5.31. The van der Waals surface area contributed by atoms with Gasteiger partial charge in [-0.2, -0.15) is 0 Å². The molecular formula is C10H26Si2. The summed E-state index contributed by atoms with van der Waals surface area (Å²) in [7, 11) is -1.63. The summed E-state index contributed by atoms with van der Waals surface area (Å²) in [5.74, 6) is 0. The maximum Gasteiger partial charge on any atom is 0.0440 e. The molecule has 0 N–H and O–H groups in total. The summed E-state index contributed by atoms with van der Waals surface area (Å²) >= 11 is 0. The van der Waals surface area contributed by atoms with E-state index in [0.717, 1.165) is 0 Å². The molecule has 0 aromatic carbocycles. The highest BCUT2D eigenvalue weighted by atomic mass is 29.3. The van der Waals surface area contributed by atoms with E-state index in [-0.39, 0.29) is 0 Å². The molecule has 0 bridgehead atoms. The predicted molar refractivity (Wildman–Crippen MR) is 65.2 cm³/mol. The van der Waals surface area contributed by atoms with Crippen molar-refractivity contribution in [1.82, 2.24) is 0 Å². The van der Waals surface area contributed by atoms with Crippen molar-refractivity contribution in [2.45, 2.75) is 65.0 Å². The van der Waals surface area contributed by atoms with Crippen LogP contribution in [0.15, 0.2) is 0 Å². The molecular weight excluding hydrogens is 176 g/mol. The highest BCUT2D eigenvalue weighted by Gasteiger charge is 2.38. The third-order valence-electron chi connectivity index (χ3n) is 3.41. The monoisotopic (exact) mass is 202 g/mol. The van der Waals surface area contributed by atoms with Gasteiger partial charge in [-0.05, 0) is 0 Å². The molecule has 0 spiro atoms. The van der Waals surface area contributed by atoms with Crippen molar-refractivity contribution in [1.29, 1.82) is 0 Å². The van der Waals surface area contributed by atoms with E-state index >= 15 is 0 Å². The Morgan fingerprint density at radius 3 is 1.25 bits per heavy atom. The number of hydrogen-bond donors (Lipinski definition) is 0. The van der Waals surface area contributed by atoms with Crippen molar-refractivity contribution < 1.29 is 0 Å². The zero-order valence-electron chi connectivity index (χ0n) is 9.83. The largest absolute Gasteiger partial charge is 0.0715 e. The van der Waals surface area contributed by atoms with Crippen LogP contribution in [-0.2, 0) is 0 Å². The molecule has 0 saturated heterocycles. The predicted octanol–water partition coefficient (Wildman–Crippen LogP) is 4.30. The van der Waals surface area contributed by atoms with Gasteiger partial charge >= 0.3 is 0 Å². The van der Waals surface area contributed by atoms with Crippen molar-refractivity contribution in [2.75, 3.05) is 0 Å². The molecule has 0 aliphatic heterocycles. The average Bonchev–Trinajstić information content (AvgIpc) is 1.86. The van der Waals surface area contributed by atoms with Gasteiger partial charge in [0.2, 0.25) is 0 Å². The Balaban J connectivity index is 4.38. The highest BCUT2D eigenvalue weighted by molar-refractivity contribution is 7.40. The molecule has 0 aliphatic carbocycles. The van der Waals surface area contributed by atoms with Gasteiger partial charge in [-0.25, -0.2) is 0 Å². The van der Waals surface area contributed by atoms with Gasteiger partial charge in [-0.1, -0.05) is 65.0 Å². The first-order valence-corrected chi connectivity index (χ1v) is 12.8. The Bertz CT molecular complexity index is 118. The lowest BCUT2D eigenvalue weighted by atomic mass is 10.6. The molecule has 0 unspecified atom stereocenters. The van der Waals surface area contributed by atoms with E-state index in [1.807, 2.05) is 0 Å². The lowest BCUT2D eigenvalue weighted by Crippen LogP contribution is -2.54. The zero-order valence-corrected chi connectivity index (χ0v) is 11.8. The molecule has 0 aromatic heterocycles. The SMILES string of the molecule is CCC[Si](C)(CCC)[Si](C)(C)C. The van der Waals surface area contributed by atoms with Crippen LogP contribution in [-0.4, -0.2) is 15.2 Å². The topological polar surface area (TPSA) is 0 Å². The number of hydrogen-bond acceptors (Lipinski definition) is 0. The summed E-state index contributed by atoms with van der Waals surface area (Å²) < 4.78 is 0. The van der Waals surface area contributed by atoms with Crippen molar-refractivity contribution in [2.24, 2.45) is 0 Å². The van der Waals surface area contributed by atoms with Crippen LogP contribution in [0.3, 0.4) is 0 Å². The Hall–Kier alpha value is 0.434. The maximum atomic E-state index is 2.65. The minimum atomic E-state index is -0.814. The molecule has 0 radical (unpaired) electrons. The van der Waals surface area contributed by atoms with Gasteiger partial charge in [0.25, 0.3) is 0 Å². The van der Waals surface area contributed by atoms with Gasteiger partial charge < -0.3 is 0 Å². The molecule has 0 aliphatic rings. The molecule has 74 valence electrons. The van der Waals surface area contributed by atoms with Gasteiger partial charge in [0.1, 0.15) is 0 Å². The van der Waals surface area contributed by atoms with E-state index in [9.17, 15) is 0 Å².